The van der Waals surface area contributed by atoms with Gasteiger partial charge in [-0.05, 0) is 43.6 Å². The predicted molar refractivity (Wildman–Crippen MR) is 117 cm³/mol. The van der Waals surface area contributed by atoms with Crippen LogP contribution >= 0.6 is 0 Å². The second-order valence-corrected chi connectivity index (χ2v) is 9.30. The number of carbonyl (C=O) groups excluding carboxylic acids is 2. The maximum atomic E-state index is 13.8. The van der Waals surface area contributed by atoms with Crippen LogP contribution in [-0.2, 0) is 19.7 Å². The van der Waals surface area contributed by atoms with Crippen LogP contribution in [-0.4, -0.2) is 61.0 Å². The quantitative estimate of drug-likeness (QED) is 0.740. The lowest BCUT2D eigenvalue weighted by molar-refractivity contribution is -0.141. The lowest BCUT2D eigenvalue weighted by Crippen LogP contribution is -2.51. The van der Waals surface area contributed by atoms with Gasteiger partial charge in [-0.1, -0.05) is 49.6 Å². The van der Waals surface area contributed by atoms with Crippen molar-refractivity contribution < 1.29 is 14.3 Å². The molecule has 1 aliphatic carbocycles. The van der Waals surface area contributed by atoms with Gasteiger partial charge in [-0.25, -0.2) is 0 Å². The molecule has 0 N–H and O–H groups in total. The zero-order valence-corrected chi connectivity index (χ0v) is 18.2. The summed E-state index contributed by atoms with van der Waals surface area (Å²) in [6.07, 6.45) is 9.07. The summed E-state index contributed by atoms with van der Waals surface area (Å²) in [7, 11) is 0. The summed E-state index contributed by atoms with van der Waals surface area (Å²) in [5.74, 6) is 1.01. The van der Waals surface area contributed by atoms with Crippen LogP contribution in [0.2, 0.25) is 0 Å². The van der Waals surface area contributed by atoms with E-state index in [-0.39, 0.29) is 11.3 Å². The van der Waals surface area contributed by atoms with E-state index in [1.807, 2.05) is 11.0 Å². The molecule has 164 valence electrons. The summed E-state index contributed by atoms with van der Waals surface area (Å²) < 4.78 is 5.35. The minimum Gasteiger partial charge on any atom is -0.378 e. The Hall–Kier alpha value is -1.88. The van der Waals surface area contributed by atoms with E-state index >= 15 is 0 Å². The first-order chi connectivity index (χ1) is 14.7. The second kappa shape index (κ2) is 9.95. The molecule has 0 bridgehead atoms. The smallest absolute Gasteiger partial charge is 0.233 e. The molecule has 1 atom stereocenters. The number of morpholine rings is 1. The first-order valence-electron chi connectivity index (χ1n) is 11.9. The maximum absolute atomic E-state index is 13.8. The monoisotopic (exact) mass is 412 g/mol. The number of rotatable bonds is 5. The largest absolute Gasteiger partial charge is 0.378 e. The van der Waals surface area contributed by atoms with Crippen LogP contribution in [0.25, 0.3) is 0 Å². The molecule has 1 saturated carbocycles. The molecule has 3 aliphatic rings. The Morgan fingerprint density at radius 2 is 1.67 bits per heavy atom. The summed E-state index contributed by atoms with van der Waals surface area (Å²) in [6, 6.07) is 10.5. The fraction of sp³-hybridized carbons (Fsp3) is 0.680. The molecule has 0 radical (unpaired) electrons. The van der Waals surface area contributed by atoms with Gasteiger partial charge in [0.15, 0.2) is 0 Å². The average molecular weight is 413 g/mol. The van der Waals surface area contributed by atoms with E-state index in [1.54, 1.807) is 0 Å². The third kappa shape index (κ3) is 4.72. The van der Waals surface area contributed by atoms with Crippen LogP contribution in [0.4, 0.5) is 0 Å². The van der Waals surface area contributed by atoms with Crippen molar-refractivity contribution in [2.75, 3.05) is 39.4 Å². The minimum atomic E-state index is -0.342. The number of benzene rings is 1. The van der Waals surface area contributed by atoms with E-state index in [0.29, 0.717) is 44.5 Å². The highest BCUT2D eigenvalue weighted by Gasteiger charge is 2.44. The Morgan fingerprint density at radius 3 is 2.40 bits per heavy atom. The summed E-state index contributed by atoms with van der Waals surface area (Å²) in [6.45, 7) is 4.41. The van der Waals surface area contributed by atoms with Crippen LogP contribution < -0.4 is 0 Å². The molecule has 0 spiro atoms. The lowest BCUT2D eigenvalue weighted by Gasteiger charge is -2.43. The SMILES string of the molecule is O=C(CC[C@@H]1CCCN(C(=O)C2(c3ccccc3)CCCCC2)C1)N1CCOCC1. The number of carbonyl (C=O) groups is 2. The predicted octanol–water partition coefficient (Wildman–Crippen LogP) is 3.77. The molecule has 1 aromatic carbocycles. The van der Waals surface area contributed by atoms with Crippen molar-refractivity contribution in [1.29, 1.82) is 0 Å². The fourth-order valence-electron chi connectivity index (χ4n) is 5.62. The maximum Gasteiger partial charge on any atom is 0.233 e. The Labute approximate surface area is 180 Å². The van der Waals surface area contributed by atoms with Gasteiger partial charge in [-0.2, -0.15) is 0 Å². The van der Waals surface area contributed by atoms with Gasteiger partial charge in [0.05, 0.1) is 18.6 Å². The van der Waals surface area contributed by atoms with E-state index < -0.39 is 0 Å². The van der Waals surface area contributed by atoms with Gasteiger partial charge in [0.25, 0.3) is 0 Å². The van der Waals surface area contributed by atoms with Crippen molar-refractivity contribution in [3.05, 3.63) is 35.9 Å². The average Bonchev–Trinajstić information content (AvgIpc) is 2.84. The summed E-state index contributed by atoms with van der Waals surface area (Å²) in [5.41, 5.74) is 0.852. The van der Waals surface area contributed by atoms with Gasteiger partial charge >= 0.3 is 0 Å². The minimum absolute atomic E-state index is 0.245. The molecule has 5 heteroatoms. The van der Waals surface area contributed by atoms with E-state index in [9.17, 15) is 9.59 Å². The highest BCUT2D eigenvalue weighted by molar-refractivity contribution is 5.88. The normalized spacial score (nSPS) is 24.5. The molecule has 30 heavy (non-hydrogen) atoms. The molecule has 2 amide bonds. The number of piperidine rings is 1. The summed E-state index contributed by atoms with van der Waals surface area (Å²) in [5, 5.41) is 0. The van der Waals surface area contributed by atoms with Crippen molar-refractivity contribution in [1.82, 2.24) is 9.80 Å². The molecule has 5 nitrogen and oxygen atoms in total. The number of nitrogens with zero attached hydrogens (tertiary/aromatic N) is 2. The first-order valence-corrected chi connectivity index (χ1v) is 11.9. The molecule has 1 aromatic rings. The molecule has 4 rings (SSSR count). The van der Waals surface area contributed by atoms with Crippen molar-refractivity contribution >= 4 is 11.8 Å². The van der Waals surface area contributed by atoms with E-state index in [1.165, 1.54) is 12.0 Å². The van der Waals surface area contributed by atoms with Gasteiger partial charge in [0, 0.05) is 32.6 Å². The number of amides is 2. The van der Waals surface area contributed by atoms with Gasteiger partial charge in [-0.15, -0.1) is 0 Å². The van der Waals surface area contributed by atoms with Crippen molar-refractivity contribution in [3.8, 4) is 0 Å². The third-order valence-electron chi connectivity index (χ3n) is 7.38. The lowest BCUT2D eigenvalue weighted by atomic mass is 9.68. The topological polar surface area (TPSA) is 49.9 Å². The fourth-order valence-corrected chi connectivity index (χ4v) is 5.62. The van der Waals surface area contributed by atoms with Crippen LogP contribution in [0.1, 0.15) is 63.4 Å². The standard InChI is InChI=1S/C25H36N2O3/c28-23(26-16-18-30-19-17-26)12-11-21-8-7-15-27(20-21)24(29)25(13-5-2-6-14-25)22-9-3-1-4-10-22/h1,3-4,9-10,21H,2,5-8,11-20H2/t21-/m0/s1. The zero-order chi connectivity index (χ0) is 20.8. The molecule has 2 saturated heterocycles. The Morgan fingerprint density at radius 1 is 0.933 bits per heavy atom. The van der Waals surface area contributed by atoms with Crippen LogP contribution in [0.15, 0.2) is 30.3 Å². The highest BCUT2D eigenvalue weighted by Crippen LogP contribution is 2.41. The molecular weight excluding hydrogens is 376 g/mol. The summed E-state index contributed by atoms with van der Waals surface area (Å²) >= 11 is 0. The van der Waals surface area contributed by atoms with Crippen LogP contribution in [0.3, 0.4) is 0 Å². The molecule has 0 unspecified atom stereocenters. The van der Waals surface area contributed by atoms with Gasteiger partial charge in [0.1, 0.15) is 0 Å². The zero-order valence-electron chi connectivity index (χ0n) is 18.2. The number of hydrogen-bond acceptors (Lipinski definition) is 3. The number of ether oxygens (including phenoxy) is 1. The van der Waals surface area contributed by atoms with E-state index in [0.717, 1.165) is 58.0 Å². The Bertz CT molecular complexity index is 708. The van der Waals surface area contributed by atoms with E-state index in [2.05, 4.69) is 29.2 Å². The summed E-state index contributed by atoms with van der Waals surface area (Å²) in [4.78, 5) is 30.4. The molecule has 2 heterocycles. The van der Waals surface area contributed by atoms with Crippen LogP contribution in [0, 0.1) is 5.92 Å². The van der Waals surface area contributed by atoms with Gasteiger partial charge in [-0.3, -0.25) is 9.59 Å². The molecule has 0 aromatic heterocycles. The van der Waals surface area contributed by atoms with Crippen LogP contribution in [0.5, 0.6) is 0 Å². The van der Waals surface area contributed by atoms with Crippen molar-refractivity contribution in [2.24, 2.45) is 5.92 Å². The highest BCUT2D eigenvalue weighted by atomic mass is 16.5. The van der Waals surface area contributed by atoms with Gasteiger partial charge in [0.2, 0.25) is 11.8 Å². The second-order valence-electron chi connectivity index (χ2n) is 9.30. The van der Waals surface area contributed by atoms with E-state index in [4.69, 9.17) is 4.74 Å². The van der Waals surface area contributed by atoms with Crippen molar-refractivity contribution in [3.63, 3.8) is 0 Å². The Balaban J connectivity index is 1.39. The van der Waals surface area contributed by atoms with Crippen molar-refractivity contribution in [2.45, 2.75) is 63.2 Å². The molecule has 2 aliphatic heterocycles. The molecule has 3 fully saturated rings. The third-order valence-corrected chi connectivity index (χ3v) is 7.38. The molecular formula is C25H36N2O3. The number of hydrogen-bond donors (Lipinski definition) is 0. The first kappa shape index (κ1) is 21.4. The Kier molecular flexibility index (Phi) is 7.08. The van der Waals surface area contributed by atoms with Gasteiger partial charge < -0.3 is 14.5 Å². The number of likely N-dealkylation sites (tertiary alicyclic amines) is 1.